The number of hydrogen-bond acceptors (Lipinski definition) is 5. The number of anilines is 1. The van der Waals surface area contributed by atoms with Gasteiger partial charge in [0.25, 0.3) is 0 Å². The normalized spacial score (nSPS) is 18.3. The van der Waals surface area contributed by atoms with Crippen LogP contribution in [0.2, 0.25) is 0 Å². The minimum Gasteiger partial charge on any atom is -0.748 e. The summed E-state index contributed by atoms with van der Waals surface area (Å²) in [6.45, 7) is 12.6. The number of fused-ring (bicyclic) bond motifs is 6. The fourth-order valence-corrected chi connectivity index (χ4v) is 10.3. The molecule has 1 N–H and O–H groups in total. The maximum Gasteiger partial charge on any atom is 1.00 e. The van der Waals surface area contributed by atoms with E-state index < -0.39 is 27.3 Å². The van der Waals surface area contributed by atoms with Gasteiger partial charge in [0.2, 0.25) is 5.69 Å². The molecule has 0 radical (unpaired) electrons. The van der Waals surface area contributed by atoms with Crippen LogP contribution in [0.5, 0.6) is 0 Å². The molecule has 0 bridgehead atoms. The number of aromatic carboxylic acids is 1. The zero-order chi connectivity index (χ0) is 41.7. The molecule has 60 heavy (non-hydrogen) atoms. The minimum atomic E-state index is -4.37. The van der Waals surface area contributed by atoms with Crippen molar-refractivity contribution in [1.29, 1.82) is 0 Å². The summed E-state index contributed by atoms with van der Waals surface area (Å²) in [7, 11) is -4.37. The Kier molecular flexibility index (Phi) is 12.4. The van der Waals surface area contributed by atoms with Crippen molar-refractivity contribution in [2.24, 2.45) is 0 Å². The SMILES string of the molecule is CCCC[N+]1=C(/C=C/C2=C(c3ccc(C(=O)O)cc3)C(=C/C=C3/N(CCCS(=O)(=O)[O-])c4ccc5ccccc5c4C3(C)C)/CC2)C(C)(C)c2c1ccc1ccccc21.[Na+]. The van der Waals surface area contributed by atoms with E-state index in [4.69, 9.17) is 0 Å². The van der Waals surface area contributed by atoms with Crippen molar-refractivity contribution in [3.8, 4) is 0 Å². The summed E-state index contributed by atoms with van der Waals surface area (Å²) in [6.07, 6.45) is 13.0. The van der Waals surface area contributed by atoms with Crippen LogP contribution < -0.4 is 34.5 Å². The molecule has 0 spiro atoms. The second kappa shape index (κ2) is 17.1. The molecule has 7 nitrogen and oxygen atoms in total. The molecule has 1 aliphatic carbocycles. The van der Waals surface area contributed by atoms with Crippen molar-refractivity contribution in [2.75, 3.05) is 23.7 Å². The van der Waals surface area contributed by atoms with Gasteiger partial charge in [0.15, 0.2) is 5.71 Å². The molecule has 302 valence electrons. The second-order valence-corrected chi connectivity index (χ2v) is 18.7. The van der Waals surface area contributed by atoms with Gasteiger partial charge in [0, 0.05) is 53.2 Å². The molecule has 2 aliphatic heterocycles. The molecule has 0 fully saturated rings. The monoisotopic (exact) mass is 827 g/mol. The van der Waals surface area contributed by atoms with E-state index in [0.717, 1.165) is 71.1 Å². The summed E-state index contributed by atoms with van der Waals surface area (Å²) >= 11 is 0. The number of hydrogen-bond donors (Lipinski definition) is 1. The molecule has 0 saturated carbocycles. The molecular weight excluding hydrogens is 776 g/mol. The Morgan fingerprint density at radius 3 is 2.10 bits per heavy atom. The third kappa shape index (κ3) is 8.01. The molecule has 8 rings (SSSR count). The Morgan fingerprint density at radius 1 is 0.800 bits per heavy atom. The van der Waals surface area contributed by atoms with Crippen molar-refractivity contribution < 1.29 is 57.0 Å². The Labute approximate surface area is 376 Å². The smallest absolute Gasteiger partial charge is 0.748 e. The standard InChI is InChI=1S/C51H52N2O5S.Na/c1-6-7-31-52-42-27-23-34-13-8-10-15-40(34)47(42)50(2,3)44(52)29-25-37-17-18-38(46(37)36-19-21-39(22-20-36)49(54)55)26-30-45-51(4,5)48-41-16-11-9-14-35(41)24-28-43(48)53(45)32-12-33-59(56,57)58;/h8-11,13-16,19-30H,6-7,12,17-18,31-33H2,1-5H3,(H-,54,55,56,57,58);/q;+1. The van der Waals surface area contributed by atoms with E-state index in [2.05, 4.69) is 129 Å². The average Bonchev–Trinajstić information content (AvgIpc) is 3.79. The maximum atomic E-state index is 11.9. The third-order valence-electron chi connectivity index (χ3n) is 12.6. The van der Waals surface area contributed by atoms with E-state index in [-0.39, 0.29) is 47.0 Å². The topological polar surface area (TPSA) is 101 Å². The van der Waals surface area contributed by atoms with Crippen molar-refractivity contribution in [1.82, 2.24) is 0 Å². The molecule has 3 aliphatic rings. The van der Waals surface area contributed by atoms with E-state index in [1.807, 2.05) is 24.3 Å². The van der Waals surface area contributed by atoms with E-state index in [1.165, 1.54) is 38.9 Å². The number of carboxylic acids is 1. The first-order valence-electron chi connectivity index (χ1n) is 20.8. The Balaban J connectivity index is 0.00000544. The molecular formula is C51H52N2NaO5S+. The van der Waals surface area contributed by atoms with Crippen LogP contribution in [0.1, 0.15) is 93.8 Å². The van der Waals surface area contributed by atoms with E-state index >= 15 is 0 Å². The molecule has 0 unspecified atom stereocenters. The number of rotatable bonds is 12. The van der Waals surface area contributed by atoms with Gasteiger partial charge < -0.3 is 14.6 Å². The fourth-order valence-electron chi connectivity index (χ4n) is 9.84. The van der Waals surface area contributed by atoms with Crippen molar-refractivity contribution in [3.63, 3.8) is 0 Å². The predicted octanol–water partition coefficient (Wildman–Crippen LogP) is 8.22. The zero-order valence-corrected chi connectivity index (χ0v) is 38.4. The molecule has 0 aromatic heterocycles. The summed E-state index contributed by atoms with van der Waals surface area (Å²) in [4.78, 5) is 14.1. The second-order valence-electron chi connectivity index (χ2n) is 17.1. The summed E-state index contributed by atoms with van der Waals surface area (Å²) < 4.78 is 37.6. The van der Waals surface area contributed by atoms with Crippen LogP contribution in [-0.2, 0) is 20.9 Å². The van der Waals surface area contributed by atoms with Crippen molar-refractivity contribution >= 4 is 60.3 Å². The van der Waals surface area contributed by atoms with Gasteiger partial charge in [-0.15, -0.1) is 0 Å². The fraction of sp³-hybridized carbons (Fsp3) is 0.294. The number of unbranched alkanes of at least 4 members (excludes halogenated alkanes) is 1. The van der Waals surface area contributed by atoms with Crippen molar-refractivity contribution in [2.45, 2.75) is 77.6 Å². The maximum absolute atomic E-state index is 11.9. The number of carboxylic acid groups (broad SMARTS) is 1. The first-order valence-corrected chi connectivity index (χ1v) is 22.4. The summed E-state index contributed by atoms with van der Waals surface area (Å²) in [5, 5.41) is 14.6. The minimum absolute atomic E-state index is 0. The van der Waals surface area contributed by atoms with Crippen LogP contribution >= 0.6 is 0 Å². The van der Waals surface area contributed by atoms with Crippen LogP contribution in [0.25, 0.3) is 27.1 Å². The average molecular weight is 828 g/mol. The molecule has 5 aromatic rings. The molecule has 2 heterocycles. The number of benzene rings is 5. The molecule has 0 saturated heterocycles. The van der Waals surface area contributed by atoms with Gasteiger partial charge in [-0.2, -0.15) is 4.58 Å². The largest absolute Gasteiger partial charge is 1.00 e. The van der Waals surface area contributed by atoms with Crippen LogP contribution in [0, 0.1) is 0 Å². The molecule has 9 heteroatoms. The van der Waals surface area contributed by atoms with Gasteiger partial charge in [-0.1, -0.05) is 106 Å². The van der Waals surface area contributed by atoms with Crippen LogP contribution in [-0.4, -0.2) is 53.2 Å². The first kappa shape index (κ1) is 43.5. The zero-order valence-electron chi connectivity index (χ0n) is 35.6. The number of nitrogens with zero attached hydrogens (tertiary/aromatic N) is 2. The number of carbonyl (C=O) groups is 1. The van der Waals surface area contributed by atoms with Crippen LogP contribution in [0.15, 0.2) is 138 Å². The summed E-state index contributed by atoms with van der Waals surface area (Å²) in [5.74, 6) is -1.39. The van der Waals surface area contributed by atoms with Crippen LogP contribution in [0.4, 0.5) is 11.4 Å². The van der Waals surface area contributed by atoms with Gasteiger partial charge in [-0.05, 0) is 113 Å². The third-order valence-corrected chi connectivity index (χ3v) is 13.4. The molecule has 0 atom stereocenters. The molecule has 5 aromatic carbocycles. The van der Waals surface area contributed by atoms with Gasteiger partial charge >= 0.3 is 35.5 Å². The van der Waals surface area contributed by atoms with Crippen LogP contribution in [0.3, 0.4) is 0 Å². The van der Waals surface area contributed by atoms with Gasteiger partial charge in [0.05, 0.1) is 21.1 Å². The Morgan fingerprint density at radius 2 is 1.45 bits per heavy atom. The van der Waals surface area contributed by atoms with E-state index in [0.29, 0.717) is 6.54 Å². The summed E-state index contributed by atoms with van der Waals surface area (Å²) in [6, 6.07) is 32.9. The first-order chi connectivity index (χ1) is 28.2. The Bertz CT molecular complexity index is 2790. The van der Waals surface area contributed by atoms with E-state index in [1.54, 1.807) is 12.1 Å². The molecule has 0 amide bonds. The van der Waals surface area contributed by atoms with Gasteiger partial charge in [-0.25, -0.2) is 13.2 Å². The van der Waals surface area contributed by atoms with Crippen molar-refractivity contribution in [3.05, 3.63) is 160 Å². The van der Waals surface area contributed by atoms with E-state index in [9.17, 15) is 22.9 Å². The number of allylic oxidation sites excluding steroid dienone is 8. The Hall–Kier alpha value is -4.57. The predicted molar refractivity (Wildman–Crippen MR) is 240 cm³/mol. The van der Waals surface area contributed by atoms with Gasteiger partial charge in [0.1, 0.15) is 6.54 Å². The quantitative estimate of drug-likeness (QED) is 0.0774. The summed E-state index contributed by atoms with van der Waals surface area (Å²) in [5.41, 5.74) is 11.1. The van der Waals surface area contributed by atoms with Gasteiger partial charge in [-0.3, -0.25) is 0 Å².